The summed E-state index contributed by atoms with van der Waals surface area (Å²) in [7, 11) is 12.2. The molecule has 0 aliphatic heterocycles. The predicted molar refractivity (Wildman–Crippen MR) is 328 cm³/mol. The van der Waals surface area contributed by atoms with Gasteiger partial charge < -0.3 is 38.7 Å². The molecule has 8 nitrogen and oxygen atoms in total. The van der Waals surface area contributed by atoms with Gasteiger partial charge in [-0.3, -0.25) is 0 Å². The van der Waals surface area contributed by atoms with E-state index in [0.717, 1.165) is 39.5 Å². The first-order chi connectivity index (χ1) is 31.9. The smallest absolute Gasteiger partial charge is 0.181 e. The number of ether oxygens (including phenoxy) is 1. The lowest BCUT2D eigenvalue weighted by molar-refractivity contribution is 0.122. The maximum Gasteiger partial charge on any atom is 0.181 e. The van der Waals surface area contributed by atoms with Gasteiger partial charge in [0.15, 0.2) is 5.88 Å². The molecule has 422 valence electrons. The third-order valence-electron chi connectivity index (χ3n) is 12.4. The normalized spacial score (nSPS) is 10.9. The standard InChI is InChI=1S/C11H17N.C9H18ClN.C9H18FN.C8H17NO.C8H17NS.C8H17N.C7H17N/c1-7(2)12-10(5)8(3)9(4)11(12)6;2*1-7(2)11(6)8(3)9(4,5)10;2*1-6-10-8(4)9(5)7(2)3;1-6-8(4)9(5)7(2)3;1-5-6-8(4)7(2)3/h7H,5-6H2,1-4H3;2*7H,3H2,1-2,4-6H3;2*7H,4,6H2,1-3,5H3;7H,4,6H2,1-3,5H3;7H,5-6H2,1-4H3. The predicted octanol–water partition coefficient (Wildman–Crippen LogP) is 15.3. The summed E-state index contributed by atoms with van der Waals surface area (Å²) in [6, 6.07) is 3.52. The van der Waals surface area contributed by atoms with Gasteiger partial charge in [0, 0.05) is 105 Å². The first-order valence-corrected chi connectivity index (χ1v) is 27.6. The monoisotopic (exact) mass is 1040 g/mol. The summed E-state index contributed by atoms with van der Waals surface area (Å²) in [6.07, 6.45) is 2.31. The minimum Gasteiger partial charge on any atom is -0.480 e. The molecule has 0 radical (unpaired) electrons. The molecule has 1 heterocycles. The Morgan fingerprint density at radius 3 is 1.11 bits per heavy atom. The lowest BCUT2D eigenvalue weighted by Crippen LogP contribution is -2.34. The van der Waals surface area contributed by atoms with Gasteiger partial charge in [0.25, 0.3) is 0 Å². The topological polar surface area (TPSA) is 33.6 Å². The maximum absolute atomic E-state index is 13.3. The molecule has 0 unspecified atom stereocenters. The minimum atomic E-state index is -1.31. The van der Waals surface area contributed by atoms with Gasteiger partial charge in [0.1, 0.15) is 5.67 Å². The number of rotatable bonds is 21. The fourth-order valence-corrected chi connectivity index (χ4v) is 6.26. The lowest BCUT2D eigenvalue weighted by atomic mass is 10.1. The van der Waals surface area contributed by atoms with Gasteiger partial charge >= 0.3 is 0 Å². The van der Waals surface area contributed by atoms with E-state index in [4.69, 9.17) is 16.3 Å². The van der Waals surface area contributed by atoms with Crippen LogP contribution in [0.1, 0.15) is 182 Å². The summed E-state index contributed by atoms with van der Waals surface area (Å²) in [5.74, 6) is 1.85. The second-order valence-electron chi connectivity index (χ2n) is 21.1. The van der Waals surface area contributed by atoms with Gasteiger partial charge in [-0.2, -0.15) is 0 Å². The van der Waals surface area contributed by atoms with Crippen molar-refractivity contribution in [2.24, 2.45) is 0 Å². The van der Waals surface area contributed by atoms with E-state index in [9.17, 15) is 4.39 Å². The zero-order valence-electron chi connectivity index (χ0n) is 52.7. The number of allylic oxidation sites excluding steroid dienone is 3. The van der Waals surface area contributed by atoms with Crippen LogP contribution in [0.4, 0.5) is 4.39 Å². The quantitative estimate of drug-likeness (QED) is 0.0890. The maximum atomic E-state index is 13.3. The molecule has 0 aliphatic carbocycles. The molecule has 0 atom stereocenters. The van der Waals surface area contributed by atoms with Crippen LogP contribution in [0.2, 0.25) is 0 Å². The number of halogens is 2. The van der Waals surface area contributed by atoms with Gasteiger partial charge in [-0.1, -0.05) is 60.2 Å². The van der Waals surface area contributed by atoms with Gasteiger partial charge in [-0.15, -0.1) is 23.4 Å². The van der Waals surface area contributed by atoms with Gasteiger partial charge in [0.2, 0.25) is 0 Å². The first-order valence-electron chi connectivity index (χ1n) is 26.2. The number of hydrogen-bond acceptors (Lipinski definition) is 8. The molecule has 1 rings (SSSR count). The Labute approximate surface area is 453 Å². The number of aromatic nitrogens is 1. The third-order valence-corrected chi connectivity index (χ3v) is 13.5. The Hall–Kier alpha value is -2.95. The largest absolute Gasteiger partial charge is 0.480 e. The molecular formula is C60H121ClFN7OS. The number of alkyl halides is 2. The van der Waals surface area contributed by atoms with E-state index in [1.807, 2.05) is 65.6 Å². The van der Waals surface area contributed by atoms with E-state index in [2.05, 4.69) is 209 Å². The fraction of sp³-hybridized carbons (Fsp3) is 0.733. The van der Waals surface area contributed by atoms with E-state index in [1.54, 1.807) is 11.8 Å². The Balaban J connectivity index is -0.000000174. The van der Waals surface area contributed by atoms with Crippen molar-refractivity contribution >= 4 is 36.5 Å². The fourth-order valence-electron chi connectivity index (χ4n) is 5.38. The van der Waals surface area contributed by atoms with Crippen molar-refractivity contribution in [1.82, 2.24) is 34.0 Å². The van der Waals surface area contributed by atoms with Crippen LogP contribution in [0.15, 0.2) is 60.9 Å². The van der Waals surface area contributed by atoms with Gasteiger partial charge in [0.05, 0.1) is 16.5 Å². The molecule has 0 bridgehead atoms. The van der Waals surface area contributed by atoms with Crippen LogP contribution in [0.25, 0.3) is 13.2 Å². The highest BCUT2D eigenvalue weighted by Crippen LogP contribution is 2.25. The molecule has 0 spiro atoms. The van der Waals surface area contributed by atoms with Crippen LogP contribution in [0.5, 0.6) is 0 Å². The van der Waals surface area contributed by atoms with E-state index < -0.39 is 5.67 Å². The average molecular weight is 1040 g/mol. The Morgan fingerprint density at radius 2 is 0.944 bits per heavy atom. The van der Waals surface area contributed by atoms with Crippen molar-refractivity contribution < 1.29 is 9.13 Å². The van der Waals surface area contributed by atoms with Crippen LogP contribution in [-0.4, -0.2) is 142 Å². The summed E-state index contributed by atoms with van der Waals surface area (Å²) in [4.78, 5) is 12.3. The highest BCUT2D eigenvalue weighted by atomic mass is 35.5. The SMILES string of the molecule is C=C(CC)N(C)C(C)C.C=C(N(C)C(C)C)C(C)(C)Cl.C=C(N(C)C(C)C)C(C)(C)F.C=C(OCC)N(C)C(C)C.C=C(SCC)N(C)C(C)C.C=c1c(C)c(C)c(=C)n1C(C)C.CCCN(C)C(C)C. The summed E-state index contributed by atoms with van der Waals surface area (Å²) in [5, 5.41) is 3.37. The van der Waals surface area contributed by atoms with Gasteiger partial charge in [-0.25, -0.2) is 4.39 Å². The molecule has 0 fully saturated rings. The molecular weight excluding hydrogens is 921 g/mol. The third kappa shape index (κ3) is 36.6. The molecule has 71 heavy (non-hydrogen) atoms. The van der Waals surface area contributed by atoms with Crippen LogP contribution in [0, 0.1) is 13.8 Å². The Morgan fingerprint density at radius 1 is 0.592 bits per heavy atom. The highest BCUT2D eigenvalue weighted by Gasteiger charge is 2.24. The van der Waals surface area contributed by atoms with Crippen molar-refractivity contribution in [3.05, 3.63) is 82.7 Å². The molecule has 0 aliphatic rings. The van der Waals surface area contributed by atoms with Gasteiger partial charge in [-0.05, 0) is 195 Å². The van der Waals surface area contributed by atoms with Crippen molar-refractivity contribution in [3.63, 3.8) is 0 Å². The summed E-state index contributed by atoms with van der Waals surface area (Å²) in [6.45, 7) is 78.8. The summed E-state index contributed by atoms with van der Waals surface area (Å²) in [5.41, 5.74) is 3.95. The summed E-state index contributed by atoms with van der Waals surface area (Å²) < 4.78 is 20.6. The van der Waals surface area contributed by atoms with Crippen molar-refractivity contribution in [1.29, 1.82) is 0 Å². The number of nitrogens with zero attached hydrogens (tertiary/aromatic N) is 7. The minimum absolute atomic E-state index is 0.303. The molecule has 0 saturated carbocycles. The number of hydrogen-bond donors (Lipinski definition) is 0. The van der Waals surface area contributed by atoms with Crippen LogP contribution < -0.4 is 10.7 Å². The molecule has 0 N–H and O–H groups in total. The number of thioether (sulfide) groups is 1. The second kappa shape index (κ2) is 40.4. The molecule has 11 heteroatoms. The second-order valence-corrected chi connectivity index (χ2v) is 23.4. The van der Waals surface area contributed by atoms with Crippen LogP contribution in [0.3, 0.4) is 0 Å². The first kappa shape index (κ1) is 79.5. The molecule has 0 amide bonds. The highest BCUT2D eigenvalue weighted by molar-refractivity contribution is 8.02. The Kier molecular flexibility index (Phi) is 45.3. The zero-order valence-corrected chi connectivity index (χ0v) is 54.3. The van der Waals surface area contributed by atoms with Crippen molar-refractivity contribution in [2.75, 3.05) is 61.2 Å². The molecule has 1 aromatic rings. The van der Waals surface area contributed by atoms with E-state index in [1.165, 1.54) is 43.6 Å². The Bertz CT molecular complexity index is 1600. The van der Waals surface area contributed by atoms with Crippen LogP contribution in [-0.2, 0) is 4.74 Å². The van der Waals surface area contributed by atoms with Crippen molar-refractivity contribution in [3.8, 4) is 0 Å². The van der Waals surface area contributed by atoms with Crippen molar-refractivity contribution in [2.45, 2.75) is 232 Å². The van der Waals surface area contributed by atoms with Crippen LogP contribution >= 0.6 is 23.4 Å². The average Bonchev–Trinajstić information content (AvgIpc) is 3.46. The molecule has 1 aromatic heterocycles. The van der Waals surface area contributed by atoms with E-state index in [-0.39, 0.29) is 4.87 Å². The summed E-state index contributed by atoms with van der Waals surface area (Å²) >= 11 is 7.88. The molecule has 0 saturated heterocycles. The van der Waals surface area contributed by atoms with E-state index >= 15 is 0 Å². The lowest BCUT2D eigenvalue weighted by Gasteiger charge is -2.32. The van der Waals surface area contributed by atoms with E-state index in [0.29, 0.717) is 54.6 Å². The molecule has 0 aromatic carbocycles. The zero-order chi connectivity index (χ0) is 58.2.